The van der Waals surface area contributed by atoms with E-state index in [4.69, 9.17) is 11.6 Å². The molecule has 1 aliphatic heterocycles. The molecule has 1 aromatic rings. The largest absolute Gasteiger partial charge is 0.383 e. The molecule has 1 spiro atoms. The van der Waals surface area contributed by atoms with E-state index in [-0.39, 0.29) is 0 Å². The van der Waals surface area contributed by atoms with E-state index in [1.807, 2.05) is 6.07 Å². The van der Waals surface area contributed by atoms with Crippen molar-refractivity contribution < 1.29 is 0 Å². The summed E-state index contributed by atoms with van der Waals surface area (Å²) in [5, 5.41) is 4.29. The van der Waals surface area contributed by atoms with Gasteiger partial charge in [0.2, 0.25) is 0 Å². The maximum Gasteiger partial charge on any atom is 0.0640 e. The molecule has 0 saturated heterocycles. The second-order valence-corrected chi connectivity index (χ2v) is 4.68. The Morgan fingerprint density at radius 3 is 3.00 bits per heavy atom. The van der Waals surface area contributed by atoms with Crippen LogP contribution in [0, 0.1) is 5.92 Å². The van der Waals surface area contributed by atoms with Crippen LogP contribution in [-0.2, 0) is 5.41 Å². The highest BCUT2D eigenvalue weighted by Crippen LogP contribution is 2.59. The van der Waals surface area contributed by atoms with Crippen molar-refractivity contribution in [3.63, 3.8) is 0 Å². The SMILES string of the molecule is CC1CC12CNc1c(Cl)cccc12. The molecular weight excluding hydrogens is 182 g/mol. The van der Waals surface area contributed by atoms with Gasteiger partial charge in [-0.05, 0) is 24.0 Å². The van der Waals surface area contributed by atoms with Crippen molar-refractivity contribution in [2.75, 3.05) is 11.9 Å². The van der Waals surface area contributed by atoms with Crippen LogP contribution >= 0.6 is 11.6 Å². The Balaban J connectivity index is 2.18. The third-order valence-corrected chi connectivity index (χ3v) is 3.90. The smallest absolute Gasteiger partial charge is 0.0640 e. The molecule has 1 fully saturated rings. The Bertz CT molecular complexity index is 374. The van der Waals surface area contributed by atoms with E-state index in [9.17, 15) is 0 Å². The van der Waals surface area contributed by atoms with E-state index in [0.717, 1.165) is 17.5 Å². The summed E-state index contributed by atoms with van der Waals surface area (Å²) in [5.41, 5.74) is 3.04. The van der Waals surface area contributed by atoms with Crippen molar-refractivity contribution in [2.24, 2.45) is 5.92 Å². The normalized spacial score (nSPS) is 34.5. The first-order valence-corrected chi connectivity index (χ1v) is 5.15. The van der Waals surface area contributed by atoms with Crippen LogP contribution in [0.15, 0.2) is 18.2 Å². The molecule has 2 aliphatic rings. The summed E-state index contributed by atoms with van der Waals surface area (Å²) < 4.78 is 0. The van der Waals surface area contributed by atoms with Crippen LogP contribution in [0.1, 0.15) is 18.9 Å². The van der Waals surface area contributed by atoms with Crippen LogP contribution in [0.2, 0.25) is 5.02 Å². The Kier molecular flexibility index (Phi) is 1.31. The van der Waals surface area contributed by atoms with E-state index in [1.54, 1.807) is 0 Å². The van der Waals surface area contributed by atoms with Crippen molar-refractivity contribution >= 4 is 17.3 Å². The van der Waals surface area contributed by atoms with Crippen molar-refractivity contribution in [1.29, 1.82) is 0 Å². The molecule has 1 heterocycles. The Labute approximate surface area is 83.1 Å². The van der Waals surface area contributed by atoms with Gasteiger partial charge in [0, 0.05) is 12.0 Å². The number of anilines is 1. The number of para-hydroxylation sites is 1. The Hall–Kier alpha value is -0.690. The molecule has 2 heteroatoms. The number of hydrogen-bond donors (Lipinski definition) is 1. The summed E-state index contributed by atoms with van der Waals surface area (Å²) in [5.74, 6) is 0.819. The van der Waals surface area contributed by atoms with Crippen molar-refractivity contribution in [1.82, 2.24) is 0 Å². The molecule has 0 bridgehead atoms. The third kappa shape index (κ3) is 0.833. The first-order chi connectivity index (χ1) is 6.24. The lowest BCUT2D eigenvalue weighted by atomic mass is 9.96. The van der Waals surface area contributed by atoms with Gasteiger partial charge in [0.05, 0.1) is 10.7 Å². The molecule has 0 aromatic heterocycles. The molecule has 1 aromatic carbocycles. The minimum Gasteiger partial charge on any atom is -0.383 e. The first kappa shape index (κ1) is 7.69. The maximum atomic E-state index is 6.11. The lowest BCUT2D eigenvalue weighted by Crippen LogP contribution is -2.11. The van der Waals surface area contributed by atoms with Gasteiger partial charge in [0.1, 0.15) is 0 Å². The molecule has 13 heavy (non-hydrogen) atoms. The monoisotopic (exact) mass is 193 g/mol. The van der Waals surface area contributed by atoms with Gasteiger partial charge in [-0.15, -0.1) is 0 Å². The molecule has 1 N–H and O–H groups in total. The number of rotatable bonds is 0. The average molecular weight is 194 g/mol. The van der Waals surface area contributed by atoms with Gasteiger partial charge in [0.25, 0.3) is 0 Å². The molecule has 2 atom stereocenters. The summed E-state index contributed by atoms with van der Waals surface area (Å²) in [6.45, 7) is 3.39. The maximum absolute atomic E-state index is 6.11. The van der Waals surface area contributed by atoms with E-state index >= 15 is 0 Å². The zero-order valence-corrected chi connectivity index (χ0v) is 8.36. The van der Waals surface area contributed by atoms with Crippen LogP contribution in [0.25, 0.3) is 0 Å². The summed E-state index contributed by atoms with van der Waals surface area (Å²) in [7, 11) is 0. The summed E-state index contributed by atoms with van der Waals surface area (Å²) in [6.07, 6.45) is 1.31. The number of nitrogens with one attached hydrogen (secondary N) is 1. The molecule has 0 radical (unpaired) electrons. The van der Waals surface area contributed by atoms with E-state index in [2.05, 4.69) is 24.4 Å². The number of halogens is 1. The summed E-state index contributed by atoms with van der Waals surface area (Å²) in [4.78, 5) is 0. The topological polar surface area (TPSA) is 12.0 Å². The first-order valence-electron chi connectivity index (χ1n) is 4.77. The van der Waals surface area contributed by atoms with Crippen molar-refractivity contribution in [2.45, 2.75) is 18.8 Å². The predicted octanol–water partition coefficient (Wildman–Crippen LogP) is 3.04. The van der Waals surface area contributed by atoms with Crippen LogP contribution in [0.5, 0.6) is 0 Å². The van der Waals surface area contributed by atoms with E-state index < -0.39 is 0 Å². The highest BCUT2D eigenvalue weighted by molar-refractivity contribution is 6.33. The van der Waals surface area contributed by atoms with Crippen molar-refractivity contribution in [3.8, 4) is 0 Å². The minimum atomic E-state index is 0.431. The second-order valence-electron chi connectivity index (χ2n) is 4.28. The van der Waals surface area contributed by atoms with Gasteiger partial charge in [-0.1, -0.05) is 30.7 Å². The molecule has 68 valence electrons. The van der Waals surface area contributed by atoms with Crippen LogP contribution < -0.4 is 5.32 Å². The second kappa shape index (κ2) is 2.21. The molecule has 3 rings (SSSR count). The van der Waals surface area contributed by atoms with Crippen molar-refractivity contribution in [3.05, 3.63) is 28.8 Å². The van der Waals surface area contributed by atoms with E-state index in [1.165, 1.54) is 17.7 Å². The van der Waals surface area contributed by atoms with Crippen LogP contribution in [-0.4, -0.2) is 6.54 Å². The quantitative estimate of drug-likeness (QED) is 0.668. The van der Waals surface area contributed by atoms with Gasteiger partial charge < -0.3 is 5.32 Å². The fraction of sp³-hybridized carbons (Fsp3) is 0.455. The zero-order valence-electron chi connectivity index (χ0n) is 7.60. The molecule has 1 saturated carbocycles. The fourth-order valence-corrected chi connectivity index (χ4v) is 2.81. The summed E-state index contributed by atoms with van der Waals surface area (Å²) >= 11 is 6.11. The van der Waals surface area contributed by atoms with Crippen LogP contribution in [0.3, 0.4) is 0 Å². The Morgan fingerprint density at radius 2 is 2.31 bits per heavy atom. The summed E-state index contributed by atoms with van der Waals surface area (Å²) in [6, 6.07) is 6.23. The lowest BCUT2D eigenvalue weighted by Gasteiger charge is -2.07. The molecule has 2 unspecified atom stereocenters. The molecule has 1 aliphatic carbocycles. The zero-order chi connectivity index (χ0) is 9.05. The van der Waals surface area contributed by atoms with Crippen LogP contribution in [0.4, 0.5) is 5.69 Å². The highest BCUT2D eigenvalue weighted by Gasteiger charge is 2.56. The third-order valence-electron chi connectivity index (χ3n) is 3.58. The predicted molar refractivity (Wildman–Crippen MR) is 55.4 cm³/mol. The highest BCUT2D eigenvalue weighted by atomic mass is 35.5. The molecule has 0 amide bonds. The Morgan fingerprint density at radius 1 is 1.54 bits per heavy atom. The standard InChI is InChI=1S/C11H12ClN/c1-7-5-11(7)6-13-10-8(11)3-2-4-9(10)12/h2-4,7,13H,5-6H2,1H3. The molecule has 1 nitrogen and oxygen atoms in total. The fourth-order valence-electron chi connectivity index (χ4n) is 2.57. The molecular formula is C11H12ClN. The van der Waals surface area contributed by atoms with E-state index in [0.29, 0.717) is 5.41 Å². The minimum absolute atomic E-state index is 0.431. The van der Waals surface area contributed by atoms with Gasteiger partial charge in [-0.2, -0.15) is 0 Å². The number of fused-ring (bicyclic) bond motifs is 2. The van der Waals surface area contributed by atoms with Gasteiger partial charge in [-0.3, -0.25) is 0 Å². The lowest BCUT2D eigenvalue weighted by molar-refractivity contribution is 0.696. The van der Waals surface area contributed by atoms with Gasteiger partial charge >= 0.3 is 0 Å². The number of hydrogen-bond acceptors (Lipinski definition) is 1. The number of benzene rings is 1. The average Bonchev–Trinajstić information content (AvgIpc) is 2.57. The van der Waals surface area contributed by atoms with Gasteiger partial charge in [0.15, 0.2) is 0 Å². The van der Waals surface area contributed by atoms with Gasteiger partial charge in [-0.25, -0.2) is 0 Å².